The summed E-state index contributed by atoms with van der Waals surface area (Å²) in [5, 5.41) is 3.59. The molecule has 0 atom stereocenters. The van der Waals surface area contributed by atoms with E-state index in [4.69, 9.17) is 0 Å². The van der Waals surface area contributed by atoms with Gasteiger partial charge >= 0.3 is 0 Å². The molecule has 0 saturated carbocycles. The molecule has 14 heavy (non-hydrogen) atoms. The summed E-state index contributed by atoms with van der Waals surface area (Å²) in [7, 11) is 0. The van der Waals surface area contributed by atoms with Crippen LogP contribution in [0.2, 0.25) is 0 Å². The summed E-state index contributed by atoms with van der Waals surface area (Å²) in [5.41, 5.74) is 0.285. The minimum absolute atomic E-state index is 0.285. The van der Waals surface area contributed by atoms with Gasteiger partial charge in [0.2, 0.25) is 0 Å². The van der Waals surface area contributed by atoms with Crippen LogP contribution in [-0.4, -0.2) is 15.5 Å². The van der Waals surface area contributed by atoms with Crippen LogP contribution in [0.5, 0.6) is 0 Å². The maximum absolute atomic E-state index is 4.20. The Labute approximate surface area is 86.3 Å². The molecule has 1 rings (SSSR count). The predicted molar refractivity (Wildman–Crippen MR) is 59.0 cm³/mol. The van der Waals surface area contributed by atoms with Gasteiger partial charge in [-0.2, -0.15) is 0 Å². The molecule has 0 spiro atoms. The number of nitrogens with one attached hydrogen (secondary N) is 2. The molecule has 0 aromatic carbocycles. The van der Waals surface area contributed by atoms with Crippen LogP contribution < -0.4 is 5.32 Å². The van der Waals surface area contributed by atoms with Crippen molar-refractivity contribution in [2.75, 3.05) is 0 Å². The lowest BCUT2D eigenvalue weighted by Gasteiger charge is -2.31. The Balaban J connectivity index is 2.48. The van der Waals surface area contributed by atoms with E-state index in [-0.39, 0.29) is 5.54 Å². The van der Waals surface area contributed by atoms with E-state index in [1.54, 1.807) is 6.20 Å². The zero-order valence-corrected chi connectivity index (χ0v) is 9.43. The van der Waals surface area contributed by atoms with Crippen molar-refractivity contribution in [2.45, 2.75) is 52.1 Å². The largest absolute Gasteiger partial charge is 0.348 e. The average molecular weight is 195 g/mol. The van der Waals surface area contributed by atoms with Crippen LogP contribution in [-0.2, 0) is 6.54 Å². The standard InChI is InChI=1S/C11H21N3/c1-4-11(5-2,6-3)14-9-10-12-7-8-13-10/h7-8,14H,4-6,9H2,1-3H3,(H,12,13). The summed E-state index contributed by atoms with van der Waals surface area (Å²) < 4.78 is 0. The number of aromatic amines is 1. The minimum Gasteiger partial charge on any atom is -0.348 e. The van der Waals surface area contributed by atoms with Gasteiger partial charge in [-0.15, -0.1) is 0 Å². The molecule has 0 saturated heterocycles. The second kappa shape index (κ2) is 5.15. The lowest BCUT2D eigenvalue weighted by molar-refractivity contribution is 0.285. The van der Waals surface area contributed by atoms with Gasteiger partial charge in [0.05, 0.1) is 6.54 Å². The van der Waals surface area contributed by atoms with E-state index in [0.29, 0.717) is 0 Å². The second-order valence-corrected chi connectivity index (χ2v) is 3.73. The first kappa shape index (κ1) is 11.2. The molecule has 0 amide bonds. The Bertz CT molecular complexity index is 229. The van der Waals surface area contributed by atoms with Gasteiger partial charge in [0.15, 0.2) is 0 Å². The predicted octanol–water partition coefficient (Wildman–Crippen LogP) is 2.47. The Hall–Kier alpha value is -0.830. The van der Waals surface area contributed by atoms with Crippen molar-refractivity contribution < 1.29 is 0 Å². The van der Waals surface area contributed by atoms with Crippen molar-refractivity contribution in [3.8, 4) is 0 Å². The molecule has 3 nitrogen and oxygen atoms in total. The fourth-order valence-electron chi connectivity index (χ4n) is 1.79. The van der Waals surface area contributed by atoms with Gasteiger partial charge < -0.3 is 10.3 Å². The van der Waals surface area contributed by atoms with E-state index in [2.05, 4.69) is 36.1 Å². The molecule has 0 fully saturated rings. The van der Waals surface area contributed by atoms with E-state index in [0.717, 1.165) is 12.4 Å². The highest BCUT2D eigenvalue weighted by molar-refractivity contribution is 4.91. The molecule has 1 aromatic heterocycles. The Morgan fingerprint density at radius 3 is 2.36 bits per heavy atom. The SMILES string of the molecule is CCC(CC)(CC)NCc1ncc[nH]1. The first-order valence-corrected chi connectivity index (χ1v) is 5.49. The van der Waals surface area contributed by atoms with Gasteiger partial charge in [0.25, 0.3) is 0 Å². The number of imidazole rings is 1. The summed E-state index contributed by atoms with van der Waals surface area (Å²) in [6.07, 6.45) is 7.16. The van der Waals surface area contributed by atoms with Crippen molar-refractivity contribution >= 4 is 0 Å². The van der Waals surface area contributed by atoms with Gasteiger partial charge in [-0.1, -0.05) is 20.8 Å². The third kappa shape index (κ3) is 2.58. The van der Waals surface area contributed by atoms with Crippen LogP contribution >= 0.6 is 0 Å². The van der Waals surface area contributed by atoms with Crippen LogP contribution in [0.1, 0.15) is 45.9 Å². The molecule has 3 heteroatoms. The molecular formula is C11H21N3. The first-order valence-electron chi connectivity index (χ1n) is 5.49. The van der Waals surface area contributed by atoms with E-state index < -0.39 is 0 Å². The fraction of sp³-hybridized carbons (Fsp3) is 0.727. The Morgan fingerprint density at radius 1 is 1.29 bits per heavy atom. The van der Waals surface area contributed by atoms with Crippen LogP contribution in [0, 0.1) is 0 Å². The number of nitrogens with zero attached hydrogens (tertiary/aromatic N) is 1. The third-order valence-electron chi connectivity index (χ3n) is 3.22. The summed E-state index contributed by atoms with van der Waals surface area (Å²) in [4.78, 5) is 7.31. The van der Waals surface area contributed by atoms with Crippen molar-refractivity contribution in [3.05, 3.63) is 18.2 Å². The maximum atomic E-state index is 4.20. The molecule has 0 radical (unpaired) electrons. The van der Waals surface area contributed by atoms with Crippen molar-refractivity contribution in [3.63, 3.8) is 0 Å². The summed E-state index contributed by atoms with van der Waals surface area (Å²) >= 11 is 0. The highest BCUT2D eigenvalue weighted by Gasteiger charge is 2.22. The summed E-state index contributed by atoms with van der Waals surface area (Å²) in [5.74, 6) is 1.02. The lowest BCUT2D eigenvalue weighted by Crippen LogP contribution is -2.43. The topological polar surface area (TPSA) is 40.7 Å². The number of aromatic nitrogens is 2. The molecular weight excluding hydrogens is 174 g/mol. The van der Waals surface area contributed by atoms with Crippen LogP contribution in [0.3, 0.4) is 0 Å². The molecule has 1 heterocycles. The number of H-pyrrole nitrogens is 1. The molecule has 0 aliphatic rings. The second-order valence-electron chi connectivity index (χ2n) is 3.73. The van der Waals surface area contributed by atoms with Crippen molar-refractivity contribution in [2.24, 2.45) is 0 Å². The van der Waals surface area contributed by atoms with E-state index >= 15 is 0 Å². The fourth-order valence-corrected chi connectivity index (χ4v) is 1.79. The average Bonchev–Trinajstić information content (AvgIpc) is 2.74. The normalized spacial score (nSPS) is 11.9. The van der Waals surface area contributed by atoms with Gasteiger partial charge in [-0.25, -0.2) is 4.98 Å². The minimum atomic E-state index is 0.285. The number of rotatable bonds is 6. The Morgan fingerprint density at radius 2 is 1.93 bits per heavy atom. The van der Waals surface area contributed by atoms with Crippen molar-refractivity contribution in [1.82, 2.24) is 15.3 Å². The van der Waals surface area contributed by atoms with E-state index in [1.807, 2.05) is 6.20 Å². The molecule has 80 valence electrons. The van der Waals surface area contributed by atoms with Gasteiger partial charge in [0.1, 0.15) is 5.82 Å². The summed E-state index contributed by atoms with van der Waals surface area (Å²) in [6.45, 7) is 7.55. The quantitative estimate of drug-likeness (QED) is 0.732. The highest BCUT2D eigenvalue weighted by Crippen LogP contribution is 2.19. The number of hydrogen-bond acceptors (Lipinski definition) is 2. The highest BCUT2D eigenvalue weighted by atomic mass is 15.0. The first-order chi connectivity index (χ1) is 6.76. The van der Waals surface area contributed by atoms with E-state index in [1.165, 1.54) is 19.3 Å². The summed E-state index contributed by atoms with van der Waals surface area (Å²) in [6, 6.07) is 0. The maximum Gasteiger partial charge on any atom is 0.120 e. The smallest absolute Gasteiger partial charge is 0.120 e. The monoisotopic (exact) mass is 195 g/mol. The van der Waals surface area contributed by atoms with Crippen molar-refractivity contribution in [1.29, 1.82) is 0 Å². The molecule has 0 aliphatic carbocycles. The molecule has 0 bridgehead atoms. The number of hydrogen-bond donors (Lipinski definition) is 2. The van der Waals surface area contributed by atoms with Gasteiger partial charge in [-0.05, 0) is 19.3 Å². The Kier molecular flexibility index (Phi) is 4.14. The lowest BCUT2D eigenvalue weighted by atomic mass is 9.90. The van der Waals surface area contributed by atoms with E-state index in [9.17, 15) is 0 Å². The third-order valence-corrected chi connectivity index (χ3v) is 3.22. The molecule has 0 unspecified atom stereocenters. The van der Waals surface area contributed by atoms with Crippen LogP contribution in [0.4, 0.5) is 0 Å². The van der Waals surface area contributed by atoms with Crippen LogP contribution in [0.25, 0.3) is 0 Å². The molecule has 1 aromatic rings. The van der Waals surface area contributed by atoms with Gasteiger partial charge in [-0.3, -0.25) is 0 Å². The molecule has 2 N–H and O–H groups in total. The zero-order valence-electron chi connectivity index (χ0n) is 9.43. The molecule has 0 aliphatic heterocycles. The van der Waals surface area contributed by atoms with Gasteiger partial charge in [0, 0.05) is 17.9 Å². The zero-order chi connectivity index (χ0) is 10.4. The van der Waals surface area contributed by atoms with Crippen LogP contribution in [0.15, 0.2) is 12.4 Å².